The monoisotopic (exact) mass is 430 g/mol. The molecule has 1 amide bonds. The van der Waals surface area contributed by atoms with Crippen molar-refractivity contribution in [1.82, 2.24) is 0 Å². The van der Waals surface area contributed by atoms with Gasteiger partial charge in [0.2, 0.25) is 5.91 Å². The lowest BCUT2D eigenvalue weighted by molar-refractivity contribution is -0.385. The van der Waals surface area contributed by atoms with Crippen LogP contribution >= 0.6 is 0 Å². The van der Waals surface area contributed by atoms with Gasteiger partial charge in [-0.3, -0.25) is 30.0 Å². The summed E-state index contributed by atoms with van der Waals surface area (Å²) in [4.78, 5) is 40.3. The molecule has 0 fully saturated rings. The Hall–Kier alpha value is -4.40. The number of aliphatic imine (C=N–C) groups is 1. The van der Waals surface area contributed by atoms with Crippen molar-refractivity contribution in [3.05, 3.63) is 104 Å². The minimum Gasteiger partial charge on any atom is -0.303 e. The summed E-state index contributed by atoms with van der Waals surface area (Å²) in [6.07, 6.45) is 0.323. The van der Waals surface area contributed by atoms with Gasteiger partial charge in [0, 0.05) is 37.6 Å². The quantitative estimate of drug-likeness (QED) is 0.420. The predicted octanol–water partition coefficient (Wildman–Crippen LogP) is 5.12. The maximum absolute atomic E-state index is 12.7. The van der Waals surface area contributed by atoms with Gasteiger partial charge >= 0.3 is 0 Å². The Bertz CT molecular complexity index is 1240. The van der Waals surface area contributed by atoms with Crippen LogP contribution in [0.3, 0.4) is 0 Å². The van der Waals surface area contributed by atoms with Crippen molar-refractivity contribution in [1.29, 1.82) is 0 Å². The maximum atomic E-state index is 12.7. The molecular weight excluding hydrogens is 412 g/mol. The number of non-ortho nitro benzene ring substituents is 2. The highest BCUT2D eigenvalue weighted by Crippen LogP contribution is 2.41. The van der Waals surface area contributed by atoms with E-state index < -0.39 is 15.9 Å². The normalized spacial score (nSPS) is 15.3. The number of rotatable bonds is 4. The van der Waals surface area contributed by atoms with E-state index in [-0.39, 0.29) is 17.3 Å². The van der Waals surface area contributed by atoms with Gasteiger partial charge in [0.1, 0.15) is 0 Å². The fourth-order valence-corrected chi connectivity index (χ4v) is 3.83. The molecule has 9 heteroatoms. The Morgan fingerprint density at radius 3 is 2.03 bits per heavy atom. The molecule has 0 unspecified atom stereocenters. The summed E-state index contributed by atoms with van der Waals surface area (Å²) >= 11 is 0. The molecular formula is C23H18N4O5. The molecule has 1 aliphatic rings. The van der Waals surface area contributed by atoms with Crippen molar-refractivity contribution in [3.8, 4) is 0 Å². The number of nitrogens with zero attached hydrogens (tertiary/aromatic N) is 4. The Kier molecular flexibility index (Phi) is 5.46. The Labute approximate surface area is 182 Å². The summed E-state index contributed by atoms with van der Waals surface area (Å²) < 4.78 is 0. The average molecular weight is 430 g/mol. The summed E-state index contributed by atoms with van der Waals surface area (Å²) in [7, 11) is 0. The van der Waals surface area contributed by atoms with Gasteiger partial charge in [0.15, 0.2) is 0 Å². The number of fused-ring (bicyclic) bond motifs is 1. The topological polar surface area (TPSA) is 119 Å². The van der Waals surface area contributed by atoms with Crippen molar-refractivity contribution in [2.45, 2.75) is 19.4 Å². The molecule has 0 saturated heterocycles. The fourth-order valence-electron chi connectivity index (χ4n) is 3.83. The van der Waals surface area contributed by atoms with Crippen LogP contribution in [0.15, 0.2) is 77.8 Å². The van der Waals surface area contributed by atoms with Crippen LogP contribution in [0.1, 0.15) is 30.5 Å². The first-order valence-electron chi connectivity index (χ1n) is 9.80. The van der Waals surface area contributed by atoms with E-state index in [9.17, 15) is 25.0 Å². The van der Waals surface area contributed by atoms with E-state index >= 15 is 0 Å². The number of hydrogen-bond acceptors (Lipinski definition) is 6. The van der Waals surface area contributed by atoms with Gasteiger partial charge in [-0.15, -0.1) is 0 Å². The summed E-state index contributed by atoms with van der Waals surface area (Å²) in [6, 6.07) is 19.0. The molecule has 0 aliphatic carbocycles. The van der Waals surface area contributed by atoms with Crippen molar-refractivity contribution < 1.29 is 14.6 Å². The molecule has 1 aliphatic heterocycles. The van der Waals surface area contributed by atoms with Crippen LogP contribution in [0.2, 0.25) is 0 Å². The smallest absolute Gasteiger partial charge is 0.269 e. The molecule has 4 rings (SSSR count). The lowest BCUT2D eigenvalue weighted by Gasteiger charge is -2.30. The number of para-hydroxylation sites is 2. The number of nitro groups is 2. The highest BCUT2D eigenvalue weighted by molar-refractivity contribution is 6.07. The molecule has 0 radical (unpaired) electrons. The molecule has 160 valence electrons. The molecule has 0 bridgehead atoms. The molecule has 9 nitrogen and oxygen atoms in total. The second kappa shape index (κ2) is 8.38. The van der Waals surface area contributed by atoms with Crippen LogP contribution in [-0.4, -0.2) is 21.5 Å². The molecule has 1 atom stereocenters. The van der Waals surface area contributed by atoms with Gasteiger partial charge < -0.3 is 4.90 Å². The van der Waals surface area contributed by atoms with Crippen LogP contribution < -0.4 is 4.90 Å². The molecule has 0 aromatic heterocycles. The second-order valence-electron chi connectivity index (χ2n) is 7.31. The third-order valence-corrected chi connectivity index (χ3v) is 5.33. The number of carbonyl (C=O) groups is 1. The minimum absolute atomic E-state index is 0.0272. The zero-order valence-corrected chi connectivity index (χ0v) is 17.0. The average Bonchev–Trinajstić information content (AvgIpc) is 2.96. The van der Waals surface area contributed by atoms with Gasteiger partial charge in [0.25, 0.3) is 11.4 Å². The number of nitro benzene ring substituents is 2. The third-order valence-electron chi connectivity index (χ3n) is 5.33. The van der Waals surface area contributed by atoms with E-state index in [1.807, 2.05) is 12.1 Å². The Morgan fingerprint density at radius 1 is 0.906 bits per heavy atom. The SMILES string of the molecule is CC(=O)N1c2ccccc2N=C(c2ccc([N+](=O)[O-])cc2)C[C@H]1c1ccc([N+](=O)[O-])cc1. The molecule has 0 saturated carbocycles. The van der Waals surface area contributed by atoms with Crippen LogP contribution in [-0.2, 0) is 4.79 Å². The number of carbonyl (C=O) groups excluding carboxylic acids is 1. The largest absolute Gasteiger partial charge is 0.303 e. The highest BCUT2D eigenvalue weighted by atomic mass is 16.6. The van der Waals surface area contributed by atoms with Gasteiger partial charge in [-0.25, -0.2) is 0 Å². The lowest BCUT2D eigenvalue weighted by atomic mass is 9.95. The first kappa shape index (κ1) is 20.9. The van der Waals surface area contributed by atoms with Crippen molar-refractivity contribution >= 4 is 34.4 Å². The number of anilines is 1. The first-order chi connectivity index (χ1) is 15.3. The highest BCUT2D eigenvalue weighted by Gasteiger charge is 2.31. The molecule has 0 N–H and O–H groups in total. The number of hydrogen-bond donors (Lipinski definition) is 0. The van der Waals surface area contributed by atoms with E-state index in [1.54, 1.807) is 41.3 Å². The minimum atomic E-state index is -0.474. The van der Waals surface area contributed by atoms with E-state index in [0.29, 0.717) is 29.1 Å². The first-order valence-corrected chi connectivity index (χ1v) is 9.80. The molecule has 1 heterocycles. The van der Waals surface area contributed by atoms with Crippen LogP contribution in [0.4, 0.5) is 22.7 Å². The Balaban J connectivity index is 1.84. The van der Waals surface area contributed by atoms with Gasteiger partial charge in [-0.1, -0.05) is 24.3 Å². The molecule has 0 spiro atoms. The van der Waals surface area contributed by atoms with Gasteiger partial charge in [0.05, 0.1) is 33.0 Å². The molecule has 3 aromatic carbocycles. The van der Waals surface area contributed by atoms with Crippen molar-refractivity contribution in [2.24, 2.45) is 4.99 Å². The summed E-state index contributed by atoms with van der Waals surface area (Å²) in [6.45, 7) is 1.46. The second-order valence-corrected chi connectivity index (χ2v) is 7.31. The van der Waals surface area contributed by atoms with Crippen LogP contribution in [0, 0.1) is 20.2 Å². The lowest BCUT2D eigenvalue weighted by Crippen LogP contribution is -2.33. The Morgan fingerprint density at radius 2 is 1.47 bits per heavy atom. The summed E-state index contributed by atoms with van der Waals surface area (Å²) in [5.41, 5.74) is 3.22. The third kappa shape index (κ3) is 3.95. The maximum Gasteiger partial charge on any atom is 0.269 e. The van der Waals surface area contributed by atoms with Crippen molar-refractivity contribution in [3.63, 3.8) is 0 Å². The zero-order valence-electron chi connectivity index (χ0n) is 17.0. The van der Waals surface area contributed by atoms with Crippen molar-refractivity contribution in [2.75, 3.05) is 4.90 Å². The predicted molar refractivity (Wildman–Crippen MR) is 119 cm³/mol. The number of amides is 1. The fraction of sp³-hybridized carbons (Fsp3) is 0.130. The van der Waals surface area contributed by atoms with E-state index in [0.717, 1.165) is 5.56 Å². The van der Waals surface area contributed by atoms with E-state index in [2.05, 4.69) is 0 Å². The molecule has 32 heavy (non-hydrogen) atoms. The van der Waals surface area contributed by atoms with Crippen LogP contribution in [0.5, 0.6) is 0 Å². The molecule has 3 aromatic rings. The summed E-state index contributed by atoms with van der Waals surface area (Å²) in [5.74, 6) is -0.194. The van der Waals surface area contributed by atoms with E-state index in [1.165, 1.54) is 31.2 Å². The van der Waals surface area contributed by atoms with Gasteiger partial charge in [-0.2, -0.15) is 0 Å². The standard InChI is InChI=1S/C23H18N4O5/c1-15(28)25-22-5-3-2-4-20(22)24-21(16-6-10-18(11-7-16)26(29)30)14-23(25)17-8-12-19(13-9-17)27(31)32/h2-13,23H,14H2,1H3/t23-/m0/s1. The number of benzene rings is 3. The summed E-state index contributed by atoms with van der Waals surface area (Å²) in [5, 5.41) is 22.1. The van der Waals surface area contributed by atoms with Gasteiger partial charge in [-0.05, 0) is 35.4 Å². The van der Waals surface area contributed by atoms with Crippen LogP contribution in [0.25, 0.3) is 0 Å². The van der Waals surface area contributed by atoms with E-state index in [4.69, 9.17) is 4.99 Å². The zero-order chi connectivity index (χ0) is 22.8.